The minimum absolute atomic E-state index is 0.278. The molecule has 0 saturated carbocycles. The average Bonchev–Trinajstić information content (AvgIpc) is 2.95. The van der Waals surface area contributed by atoms with E-state index in [4.69, 9.17) is 14.2 Å². The first-order chi connectivity index (χ1) is 9.80. The number of hydrogen-bond acceptors (Lipinski definition) is 5. The minimum atomic E-state index is 0.278. The first-order valence-corrected chi connectivity index (χ1v) is 7.16. The number of rotatable bonds is 4. The Balaban J connectivity index is 1.74. The molecule has 20 heavy (non-hydrogen) atoms. The van der Waals surface area contributed by atoms with Crippen molar-refractivity contribution < 1.29 is 14.2 Å². The molecule has 5 nitrogen and oxygen atoms in total. The van der Waals surface area contributed by atoms with Crippen LogP contribution in [0.4, 0.5) is 0 Å². The second kappa shape index (κ2) is 5.89. The molecule has 2 aliphatic heterocycles. The Morgan fingerprint density at radius 2 is 2.30 bits per heavy atom. The highest BCUT2D eigenvalue weighted by molar-refractivity contribution is 5.55. The molecule has 0 amide bonds. The molecular weight excluding hydrogens is 256 g/mol. The molecule has 0 aliphatic carbocycles. The maximum atomic E-state index is 5.48. The molecule has 110 valence electrons. The van der Waals surface area contributed by atoms with Crippen molar-refractivity contribution in [1.82, 2.24) is 10.2 Å². The smallest absolute Gasteiger partial charge is 0.231 e. The van der Waals surface area contributed by atoms with E-state index in [1.165, 1.54) is 18.4 Å². The summed E-state index contributed by atoms with van der Waals surface area (Å²) in [5.41, 5.74) is 1.21. The van der Waals surface area contributed by atoms with Crippen molar-refractivity contribution in [3.05, 3.63) is 17.7 Å². The van der Waals surface area contributed by atoms with Crippen LogP contribution < -0.4 is 19.5 Å². The largest absolute Gasteiger partial charge is 0.493 e. The fourth-order valence-corrected chi connectivity index (χ4v) is 2.97. The third kappa shape index (κ3) is 2.69. The number of piperidine rings is 1. The van der Waals surface area contributed by atoms with Crippen LogP contribution >= 0.6 is 0 Å². The predicted octanol–water partition coefficient (Wildman–Crippen LogP) is 1.61. The van der Waals surface area contributed by atoms with Gasteiger partial charge in [0.1, 0.15) is 0 Å². The summed E-state index contributed by atoms with van der Waals surface area (Å²) in [5.74, 6) is 2.28. The van der Waals surface area contributed by atoms with Gasteiger partial charge in [-0.25, -0.2) is 0 Å². The minimum Gasteiger partial charge on any atom is -0.493 e. The molecule has 1 aromatic rings. The van der Waals surface area contributed by atoms with Gasteiger partial charge < -0.3 is 19.5 Å². The normalized spacial score (nSPS) is 22.0. The lowest BCUT2D eigenvalue weighted by Gasteiger charge is -2.32. The molecule has 1 atom stereocenters. The number of nitrogens with zero attached hydrogens (tertiary/aromatic N) is 1. The highest BCUT2D eigenvalue weighted by Crippen LogP contribution is 2.42. The van der Waals surface area contributed by atoms with Crippen LogP contribution in [-0.2, 0) is 6.54 Å². The summed E-state index contributed by atoms with van der Waals surface area (Å²) in [6, 6.07) is 4.71. The van der Waals surface area contributed by atoms with Gasteiger partial charge in [0.25, 0.3) is 0 Å². The summed E-state index contributed by atoms with van der Waals surface area (Å²) in [7, 11) is 3.71. The Morgan fingerprint density at radius 3 is 3.10 bits per heavy atom. The number of fused-ring (bicyclic) bond motifs is 1. The maximum absolute atomic E-state index is 5.48. The zero-order valence-electron chi connectivity index (χ0n) is 12.1. The van der Waals surface area contributed by atoms with E-state index < -0.39 is 0 Å². The number of likely N-dealkylation sites (tertiary alicyclic amines) is 1. The van der Waals surface area contributed by atoms with E-state index in [-0.39, 0.29) is 6.79 Å². The van der Waals surface area contributed by atoms with E-state index in [0.29, 0.717) is 6.04 Å². The molecule has 0 aromatic heterocycles. The van der Waals surface area contributed by atoms with Gasteiger partial charge in [0, 0.05) is 19.1 Å². The third-order valence-electron chi connectivity index (χ3n) is 4.04. The summed E-state index contributed by atoms with van der Waals surface area (Å²) in [6.45, 7) is 3.44. The third-order valence-corrected chi connectivity index (χ3v) is 4.04. The van der Waals surface area contributed by atoms with E-state index in [9.17, 15) is 0 Å². The fraction of sp³-hybridized carbons (Fsp3) is 0.600. The molecule has 1 aromatic carbocycles. The molecule has 0 radical (unpaired) electrons. The van der Waals surface area contributed by atoms with Gasteiger partial charge in [-0.1, -0.05) is 0 Å². The predicted molar refractivity (Wildman–Crippen MR) is 76.5 cm³/mol. The Bertz CT molecular complexity index is 478. The van der Waals surface area contributed by atoms with Crippen LogP contribution in [0.1, 0.15) is 18.4 Å². The monoisotopic (exact) mass is 278 g/mol. The quantitative estimate of drug-likeness (QED) is 0.906. The van der Waals surface area contributed by atoms with E-state index >= 15 is 0 Å². The molecular formula is C15H22N2O3. The number of methoxy groups -OCH3 is 1. The highest BCUT2D eigenvalue weighted by Gasteiger charge is 2.22. The van der Waals surface area contributed by atoms with Crippen LogP contribution in [-0.4, -0.2) is 45.0 Å². The lowest BCUT2D eigenvalue weighted by Crippen LogP contribution is -2.43. The van der Waals surface area contributed by atoms with Crippen molar-refractivity contribution in [1.29, 1.82) is 0 Å². The Morgan fingerprint density at radius 1 is 1.40 bits per heavy atom. The van der Waals surface area contributed by atoms with Crippen molar-refractivity contribution >= 4 is 0 Å². The molecule has 1 N–H and O–H groups in total. The van der Waals surface area contributed by atoms with Crippen LogP contribution in [0, 0.1) is 0 Å². The first kappa shape index (κ1) is 13.5. The molecule has 1 unspecified atom stereocenters. The molecule has 1 saturated heterocycles. The second-order valence-corrected chi connectivity index (χ2v) is 5.39. The van der Waals surface area contributed by atoms with Gasteiger partial charge in [-0.2, -0.15) is 0 Å². The molecule has 3 rings (SSSR count). The topological polar surface area (TPSA) is 43.0 Å². The lowest BCUT2D eigenvalue weighted by atomic mass is 10.0. The lowest BCUT2D eigenvalue weighted by molar-refractivity contribution is 0.171. The zero-order valence-corrected chi connectivity index (χ0v) is 12.1. The summed E-state index contributed by atoms with van der Waals surface area (Å²) >= 11 is 0. The van der Waals surface area contributed by atoms with Crippen molar-refractivity contribution in [3.8, 4) is 17.2 Å². The second-order valence-electron chi connectivity index (χ2n) is 5.39. The Kier molecular flexibility index (Phi) is 3.98. The Hall–Kier alpha value is -1.46. The van der Waals surface area contributed by atoms with E-state index in [2.05, 4.69) is 22.3 Å². The van der Waals surface area contributed by atoms with Gasteiger partial charge in [0.2, 0.25) is 12.5 Å². The summed E-state index contributed by atoms with van der Waals surface area (Å²) in [6.07, 6.45) is 2.50. The fourth-order valence-electron chi connectivity index (χ4n) is 2.97. The molecule has 1 fully saturated rings. The van der Waals surface area contributed by atoms with Crippen molar-refractivity contribution in [2.24, 2.45) is 0 Å². The van der Waals surface area contributed by atoms with Crippen LogP contribution in [0.25, 0.3) is 0 Å². The van der Waals surface area contributed by atoms with Crippen molar-refractivity contribution in [3.63, 3.8) is 0 Å². The standard InChI is InChI=1S/C15H22N2O3/c1-16-12-4-3-5-17(9-12)8-11-6-13(18-2)15-14(7-11)19-10-20-15/h6-7,12,16H,3-5,8-10H2,1-2H3. The van der Waals surface area contributed by atoms with E-state index in [1.54, 1.807) is 7.11 Å². The van der Waals surface area contributed by atoms with Gasteiger partial charge in [0.05, 0.1) is 7.11 Å². The van der Waals surface area contributed by atoms with Crippen molar-refractivity contribution in [2.45, 2.75) is 25.4 Å². The highest BCUT2D eigenvalue weighted by atomic mass is 16.7. The number of nitrogens with one attached hydrogen (secondary N) is 1. The number of ether oxygens (including phenoxy) is 3. The number of likely N-dealkylation sites (N-methyl/N-ethyl adjacent to an activating group) is 1. The van der Waals surface area contributed by atoms with Crippen LogP contribution in [0.3, 0.4) is 0 Å². The molecule has 2 heterocycles. The summed E-state index contributed by atoms with van der Waals surface area (Å²) in [4.78, 5) is 2.47. The van der Waals surface area contributed by atoms with Gasteiger partial charge >= 0.3 is 0 Å². The van der Waals surface area contributed by atoms with Crippen molar-refractivity contribution in [2.75, 3.05) is 34.0 Å². The van der Waals surface area contributed by atoms with Crippen LogP contribution in [0.5, 0.6) is 17.2 Å². The average molecular weight is 278 g/mol. The van der Waals surface area contributed by atoms with Gasteiger partial charge in [-0.3, -0.25) is 4.90 Å². The molecule has 2 aliphatic rings. The summed E-state index contributed by atoms with van der Waals surface area (Å²) in [5, 5.41) is 3.37. The molecule has 0 bridgehead atoms. The summed E-state index contributed by atoms with van der Waals surface area (Å²) < 4.78 is 16.3. The molecule has 5 heteroatoms. The molecule has 0 spiro atoms. The van der Waals surface area contributed by atoms with Gasteiger partial charge in [0.15, 0.2) is 11.5 Å². The van der Waals surface area contributed by atoms with Gasteiger partial charge in [-0.05, 0) is 44.1 Å². The SMILES string of the molecule is CNC1CCCN(Cc2cc(OC)c3c(c2)OCO3)C1. The maximum Gasteiger partial charge on any atom is 0.231 e. The van der Waals surface area contributed by atoms with E-state index in [1.807, 2.05) is 7.05 Å². The Labute approximate surface area is 119 Å². The number of hydrogen-bond donors (Lipinski definition) is 1. The zero-order chi connectivity index (χ0) is 13.9. The van der Waals surface area contributed by atoms with E-state index in [0.717, 1.165) is 36.9 Å². The van der Waals surface area contributed by atoms with Gasteiger partial charge in [-0.15, -0.1) is 0 Å². The van der Waals surface area contributed by atoms with Crippen LogP contribution in [0.15, 0.2) is 12.1 Å². The number of benzene rings is 1. The van der Waals surface area contributed by atoms with Crippen LogP contribution in [0.2, 0.25) is 0 Å². The first-order valence-electron chi connectivity index (χ1n) is 7.16.